The van der Waals surface area contributed by atoms with Crippen molar-refractivity contribution >= 4 is 17.7 Å². The fraction of sp³-hybridized carbons (Fsp3) is 0.750. The van der Waals surface area contributed by atoms with Gasteiger partial charge in [0.15, 0.2) is 0 Å². The lowest BCUT2D eigenvalue weighted by molar-refractivity contribution is -0.145. The number of hydrogen-bond donors (Lipinski definition) is 1. The highest BCUT2D eigenvalue weighted by Gasteiger charge is 2.30. The normalized spacial score (nSPS) is 12.1. The standard InChI is InChI=1S/C10H19NO2.C2H6S/c1-5-9(12)13-8(4)10(11,6-2)7-3;1-3-2/h5,8H,1,6-7,11H2,2-4H3;1-2H3. The van der Waals surface area contributed by atoms with Crippen molar-refractivity contribution in [3.63, 3.8) is 0 Å². The predicted octanol–water partition coefficient (Wildman–Crippen LogP) is 2.60. The van der Waals surface area contributed by atoms with E-state index in [0.717, 1.165) is 18.9 Å². The van der Waals surface area contributed by atoms with E-state index in [0.29, 0.717) is 0 Å². The molecule has 0 heterocycles. The summed E-state index contributed by atoms with van der Waals surface area (Å²) in [5.74, 6) is -0.413. The molecule has 96 valence electrons. The zero-order chi connectivity index (χ0) is 13.2. The van der Waals surface area contributed by atoms with Crippen LogP contribution in [0.5, 0.6) is 0 Å². The van der Waals surface area contributed by atoms with Gasteiger partial charge in [0, 0.05) is 6.08 Å². The average Bonchev–Trinajstić information content (AvgIpc) is 2.28. The fourth-order valence-corrected chi connectivity index (χ4v) is 1.16. The van der Waals surface area contributed by atoms with Crippen molar-refractivity contribution in [1.82, 2.24) is 0 Å². The fourth-order valence-electron chi connectivity index (χ4n) is 1.16. The Morgan fingerprint density at radius 1 is 1.50 bits per heavy atom. The van der Waals surface area contributed by atoms with Crippen LogP contribution >= 0.6 is 11.8 Å². The smallest absolute Gasteiger partial charge is 0.330 e. The number of thioether (sulfide) groups is 1. The second kappa shape index (κ2) is 9.73. The van der Waals surface area contributed by atoms with Gasteiger partial charge in [-0.2, -0.15) is 11.8 Å². The molecular weight excluding hydrogens is 222 g/mol. The summed E-state index contributed by atoms with van der Waals surface area (Å²) in [6.07, 6.45) is 6.54. The monoisotopic (exact) mass is 247 g/mol. The first-order chi connectivity index (χ1) is 7.41. The Morgan fingerprint density at radius 2 is 1.88 bits per heavy atom. The molecule has 16 heavy (non-hydrogen) atoms. The first-order valence-electron chi connectivity index (χ1n) is 5.43. The summed E-state index contributed by atoms with van der Waals surface area (Å²) in [6.45, 7) is 9.12. The minimum Gasteiger partial charge on any atom is -0.458 e. The van der Waals surface area contributed by atoms with Crippen molar-refractivity contribution in [1.29, 1.82) is 0 Å². The topological polar surface area (TPSA) is 52.3 Å². The molecule has 0 aliphatic carbocycles. The molecule has 0 fully saturated rings. The van der Waals surface area contributed by atoms with Crippen LogP contribution in [0, 0.1) is 0 Å². The number of carbonyl (C=O) groups is 1. The van der Waals surface area contributed by atoms with Gasteiger partial charge in [-0.05, 0) is 32.3 Å². The summed E-state index contributed by atoms with van der Waals surface area (Å²) in [6, 6.07) is 0. The molecule has 0 spiro atoms. The van der Waals surface area contributed by atoms with Gasteiger partial charge in [-0.1, -0.05) is 20.4 Å². The van der Waals surface area contributed by atoms with Crippen molar-refractivity contribution in [3.05, 3.63) is 12.7 Å². The van der Waals surface area contributed by atoms with E-state index in [1.165, 1.54) is 0 Å². The number of hydrogen-bond acceptors (Lipinski definition) is 4. The Kier molecular flexibility index (Phi) is 10.9. The average molecular weight is 247 g/mol. The lowest BCUT2D eigenvalue weighted by Gasteiger charge is -2.32. The summed E-state index contributed by atoms with van der Waals surface area (Å²) in [4.78, 5) is 10.9. The van der Waals surface area contributed by atoms with Gasteiger partial charge in [0.2, 0.25) is 0 Å². The maximum atomic E-state index is 10.9. The van der Waals surface area contributed by atoms with Crippen LogP contribution in [0.1, 0.15) is 33.6 Å². The van der Waals surface area contributed by atoms with Gasteiger partial charge in [-0.25, -0.2) is 4.79 Å². The van der Waals surface area contributed by atoms with E-state index in [2.05, 4.69) is 6.58 Å². The SMILES string of the molecule is C=CC(=O)OC(C)C(N)(CC)CC.CSC. The van der Waals surface area contributed by atoms with Crippen molar-refractivity contribution in [2.24, 2.45) is 5.73 Å². The number of nitrogens with two attached hydrogens (primary N) is 1. The van der Waals surface area contributed by atoms with Crippen LogP contribution < -0.4 is 5.73 Å². The highest BCUT2D eigenvalue weighted by Crippen LogP contribution is 2.19. The van der Waals surface area contributed by atoms with Gasteiger partial charge in [0.1, 0.15) is 6.10 Å². The van der Waals surface area contributed by atoms with Gasteiger partial charge in [-0.3, -0.25) is 0 Å². The van der Waals surface area contributed by atoms with Crippen molar-refractivity contribution < 1.29 is 9.53 Å². The minimum absolute atomic E-state index is 0.270. The molecule has 0 saturated carbocycles. The molecule has 0 aliphatic rings. The van der Waals surface area contributed by atoms with Gasteiger partial charge in [0.05, 0.1) is 5.54 Å². The Bertz CT molecular complexity index is 203. The van der Waals surface area contributed by atoms with E-state index in [1.54, 1.807) is 11.8 Å². The quantitative estimate of drug-likeness (QED) is 0.599. The Hall–Kier alpha value is -0.480. The molecule has 3 nitrogen and oxygen atoms in total. The molecule has 0 aromatic heterocycles. The lowest BCUT2D eigenvalue weighted by Crippen LogP contribution is -2.50. The van der Waals surface area contributed by atoms with Crippen molar-refractivity contribution in [3.8, 4) is 0 Å². The molecule has 0 saturated heterocycles. The second-order valence-electron chi connectivity index (χ2n) is 3.63. The summed E-state index contributed by atoms with van der Waals surface area (Å²) in [5, 5.41) is 0. The molecule has 4 heteroatoms. The molecule has 0 amide bonds. The summed E-state index contributed by atoms with van der Waals surface area (Å²) >= 11 is 1.75. The zero-order valence-electron chi connectivity index (χ0n) is 11.1. The Labute approximate surface area is 104 Å². The molecule has 0 aliphatic heterocycles. The molecule has 0 aromatic carbocycles. The van der Waals surface area contributed by atoms with Crippen LogP contribution in [-0.4, -0.2) is 30.1 Å². The third-order valence-corrected chi connectivity index (χ3v) is 2.59. The van der Waals surface area contributed by atoms with Crippen LogP contribution in [0.15, 0.2) is 12.7 Å². The van der Waals surface area contributed by atoms with E-state index >= 15 is 0 Å². The molecule has 0 aromatic rings. The third kappa shape index (κ3) is 6.90. The maximum Gasteiger partial charge on any atom is 0.330 e. The lowest BCUT2D eigenvalue weighted by atomic mass is 9.88. The van der Waals surface area contributed by atoms with Gasteiger partial charge >= 0.3 is 5.97 Å². The van der Waals surface area contributed by atoms with Gasteiger partial charge in [-0.15, -0.1) is 0 Å². The van der Waals surface area contributed by atoms with Crippen LogP contribution in [0.4, 0.5) is 0 Å². The number of ether oxygens (including phenoxy) is 1. The van der Waals surface area contributed by atoms with Crippen LogP contribution in [0.25, 0.3) is 0 Å². The van der Waals surface area contributed by atoms with E-state index in [1.807, 2.05) is 33.3 Å². The number of carbonyl (C=O) groups excluding carboxylic acids is 1. The molecule has 2 N–H and O–H groups in total. The first-order valence-corrected chi connectivity index (χ1v) is 7.07. The Balaban J connectivity index is 0. The van der Waals surface area contributed by atoms with Crippen molar-refractivity contribution in [2.75, 3.05) is 12.5 Å². The van der Waals surface area contributed by atoms with Crippen LogP contribution in [-0.2, 0) is 9.53 Å². The molecule has 0 bridgehead atoms. The van der Waals surface area contributed by atoms with Gasteiger partial charge < -0.3 is 10.5 Å². The second-order valence-corrected chi connectivity index (χ2v) is 4.45. The predicted molar refractivity (Wildman–Crippen MR) is 72.7 cm³/mol. The highest BCUT2D eigenvalue weighted by molar-refractivity contribution is 7.97. The highest BCUT2D eigenvalue weighted by atomic mass is 32.2. The maximum absolute atomic E-state index is 10.9. The molecule has 1 atom stereocenters. The molecular formula is C12H25NO2S. The van der Waals surface area contributed by atoms with E-state index < -0.39 is 11.5 Å². The summed E-state index contributed by atoms with van der Waals surface area (Å²) in [5.41, 5.74) is 5.61. The molecule has 0 rings (SSSR count). The van der Waals surface area contributed by atoms with E-state index in [9.17, 15) is 4.79 Å². The minimum atomic E-state index is -0.418. The number of esters is 1. The van der Waals surface area contributed by atoms with E-state index in [-0.39, 0.29) is 6.10 Å². The van der Waals surface area contributed by atoms with Gasteiger partial charge in [0.25, 0.3) is 0 Å². The summed E-state index contributed by atoms with van der Waals surface area (Å²) in [7, 11) is 0. The van der Waals surface area contributed by atoms with Crippen molar-refractivity contribution in [2.45, 2.75) is 45.3 Å². The summed E-state index contributed by atoms with van der Waals surface area (Å²) < 4.78 is 5.06. The largest absolute Gasteiger partial charge is 0.458 e. The molecule has 1 unspecified atom stereocenters. The van der Waals surface area contributed by atoms with Crippen LogP contribution in [0.2, 0.25) is 0 Å². The Morgan fingerprint density at radius 3 is 2.12 bits per heavy atom. The van der Waals surface area contributed by atoms with E-state index in [4.69, 9.17) is 10.5 Å². The van der Waals surface area contributed by atoms with Crippen LogP contribution in [0.3, 0.4) is 0 Å². The molecule has 0 radical (unpaired) electrons. The zero-order valence-corrected chi connectivity index (χ0v) is 11.9. The number of rotatable bonds is 5. The third-order valence-electron chi connectivity index (χ3n) is 2.59. The first kappa shape index (κ1) is 17.9.